The number of imide groups is 1. The molecule has 1 aromatic carbocycles. The molecule has 1 heterocycles. The highest BCUT2D eigenvalue weighted by Crippen LogP contribution is 2.49. The molecule has 3 rings (SSSR count). The van der Waals surface area contributed by atoms with Crippen molar-refractivity contribution in [3.63, 3.8) is 0 Å². The smallest absolute Gasteiger partial charge is 0.425 e. The average molecular weight is 552 g/mol. The summed E-state index contributed by atoms with van der Waals surface area (Å²) in [5.74, 6) is -0.500. The first-order valence-corrected chi connectivity index (χ1v) is 14.1. The minimum absolute atomic E-state index is 0.220. The third-order valence-corrected chi connectivity index (χ3v) is 10.3. The van der Waals surface area contributed by atoms with Crippen LogP contribution in [0.25, 0.3) is 0 Å². The summed E-state index contributed by atoms with van der Waals surface area (Å²) in [7, 11) is -4.17. The lowest BCUT2D eigenvalue weighted by Crippen LogP contribution is -2.63. The Morgan fingerprint density at radius 1 is 1.21 bits per heavy atom. The van der Waals surface area contributed by atoms with E-state index in [9.17, 15) is 33.2 Å². The van der Waals surface area contributed by atoms with Crippen molar-refractivity contribution in [3.05, 3.63) is 39.4 Å². The van der Waals surface area contributed by atoms with E-state index >= 15 is 0 Å². The fourth-order valence-electron chi connectivity index (χ4n) is 5.90. The Bertz CT molecular complexity index is 1310. The van der Waals surface area contributed by atoms with Crippen LogP contribution < -0.4 is 0 Å². The molecule has 1 N–H and O–H groups in total. The fraction of sp³-hybridized carbons (Fsp3) is 0.654. The van der Waals surface area contributed by atoms with Crippen LogP contribution in [0.4, 0.5) is 15.3 Å². The molecule has 1 aliphatic carbocycles. The molecule has 2 amide bonds. The molecule has 2 atom stereocenters. The molecular weight excluding hydrogens is 514 g/mol. The van der Waals surface area contributed by atoms with E-state index in [4.69, 9.17) is 9.73 Å². The first-order valence-electron chi connectivity index (χ1n) is 12.5. The molecule has 0 spiro atoms. The predicted octanol–water partition coefficient (Wildman–Crippen LogP) is 5.45. The molecule has 12 heteroatoms. The molecule has 0 saturated carbocycles. The van der Waals surface area contributed by atoms with Gasteiger partial charge in [-0.05, 0) is 76.8 Å². The van der Waals surface area contributed by atoms with E-state index in [1.165, 1.54) is 32.9 Å². The summed E-state index contributed by atoms with van der Waals surface area (Å²) < 4.78 is 31.9. The Kier molecular flexibility index (Phi) is 7.24. The van der Waals surface area contributed by atoms with Crippen LogP contribution in [0, 0.1) is 15.5 Å². The molecule has 0 unspecified atom stereocenters. The number of fused-ring (bicyclic) bond motifs is 3. The van der Waals surface area contributed by atoms with Crippen LogP contribution in [-0.2, 0) is 26.5 Å². The molecule has 11 nitrogen and oxygen atoms in total. The van der Waals surface area contributed by atoms with E-state index in [0.29, 0.717) is 30.4 Å². The number of aryl methyl sites for hydroxylation is 1. The number of aliphatic imine (C=N–C) groups is 1. The van der Waals surface area contributed by atoms with Gasteiger partial charge in [-0.25, -0.2) is 18.0 Å². The highest BCUT2D eigenvalue weighted by Gasteiger charge is 2.60. The van der Waals surface area contributed by atoms with Gasteiger partial charge in [-0.2, -0.15) is 4.90 Å². The lowest BCUT2D eigenvalue weighted by Gasteiger charge is -2.46. The van der Waals surface area contributed by atoms with Crippen molar-refractivity contribution in [1.29, 1.82) is 0 Å². The summed E-state index contributed by atoms with van der Waals surface area (Å²) in [5.41, 5.74) is -2.10. The van der Waals surface area contributed by atoms with Gasteiger partial charge in [0.1, 0.15) is 21.7 Å². The molecule has 0 saturated heterocycles. The molecule has 1 aromatic rings. The van der Waals surface area contributed by atoms with Crippen molar-refractivity contribution in [2.24, 2.45) is 10.4 Å². The number of carbonyl (C=O) groups is 2. The van der Waals surface area contributed by atoms with Gasteiger partial charge in [0, 0.05) is 12.1 Å². The van der Waals surface area contributed by atoms with E-state index < -0.39 is 53.9 Å². The van der Waals surface area contributed by atoms with Crippen LogP contribution in [0.2, 0.25) is 0 Å². The second kappa shape index (κ2) is 9.32. The minimum atomic E-state index is -4.17. The number of amides is 2. The third-order valence-electron chi connectivity index (χ3n) is 7.26. The van der Waals surface area contributed by atoms with Crippen molar-refractivity contribution < 1.29 is 32.8 Å². The van der Waals surface area contributed by atoms with Crippen molar-refractivity contribution in [2.45, 2.75) is 102 Å². The average Bonchev–Trinajstić information content (AvgIpc) is 2.86. The van der Waals surface area contributed by atoms with Crippen LogP contribution in [-0.4, -0.2) is 57.0 Å². The highest BCUT2D eigenvalue weighted by molar-refractivity contribution is 7.94. The van der Waals surface area contributed by atoms with E-state index in [0.717, 1.165) is 0 Å². The number of sulfone groups is 1. The SMILES string of the molecule is CC(C)(C)CC(C)(C)OC(=O)N(C(=O)O)C1=N[C@]2(C)c3cc([N+](=O)[O-])ccc3CCC[C@H]2S(=O)(=O)C1(C)C. The molecule has 0 radical (unpaired) electrons. The number of carbonyl (C=O) groups excluding carboxylic acids is 1. The van der Waals surface area contributed by atoms with Gasteiger partial charge in [0.2, 0.25) is 0 Å². The van der Waals surface area contributed by atoms with E-state index in [2.05, 4.69) is 0 Å². The number of rotatable bonds is 3. The van der Waals surface area contributed by atoms with E-state index in [1.54, 1.807) is 19.9 Å². The van der Waals surface area contributed by atoms with Crippen molar-refractivity contribution in [1.82, 2.24) is 4.90 Å². The number of amidine groups is 1. The van der Waals surface area contributed by atoms with Crippen molar-refractivity contribution >= 4 is 33.5 Å². The number of benzene rings is 1. The second-order valence-corrected chi connectivity index (χ2v) is 15.3. The maximum atomic E-state index is 14.1. The van der Waals surface area contributed by atoms with E-state index in [-0.39, 0.29) is 22.4 Å². The minimum Gasteiger partial charge on any atom is -0.464 e. The number of nitro groups is 1. The molecule has 2 aliphatic rings. The summed E-state index contributed by atoms with van der Waals surface area (Å²) in [5, 5.41) is 20.6. The molecular formula is C26H37N3O8S. The van der Waals surface area contributed by atoms with Crippen LogP contribution in [0.5, 0.6) is 0 Å². The van der Waals surface area contributed by atoms with Crippen LogP contribution in [0.1, 0.15) is 85.8 Å². The molecule has 38 heavy (non-hydrogen) atoms. The summed E-state index contributed by atoms with van der Waals surface area (Å²) >= 11 is 0. The van der Waals surface area contributed by atoms with Gasteiger partial charge in [0.05, 0.1) is 10.2 Å². The van der Waals surface area contributed by atoms with E-state index in [1.807, 2.05) is 20.8 Å². The number of hydrogen-bond donors (Lipinski definition) is 1. The second-order valence-electron chi connectivity index (χ2n) is 12.6. The quantitative estimate of drug-likeness (QED) is 0.384. The first-order chi connectivity index (χ1) is 17.1. The number of nitro benzene ring substituents is 1. The number of hydrogen-bond acceptors (Lipinski definition) is 8. The zero-order valence-corrected chi connectivity index (χ0v) is 24.0. The summed E-state index contributed by atoms with van der Waals surface area (Å²) in [4.78, 5) is 41.8. The van der Waals surface area contributed by atoms with Crippen LogP contribution >= 0.6 is 0 Å². The summed E-state index contributed by atoms with van der Waals surface area (Å²) in [6.45, 7) is 13.3. The summed E-state index contributed by atoms with van der Waals surface area (Å²) in [6.07, 6.45) is -1.40. The maximum absolute atomic E-state index is 14.1. The van der Waals surface area contributed by atoms with Gasteiger partial charge in [-0.15, -0.1) is 0 Å². The number of non-ortho nitro benzene ring substituents is 1. The van der Waals surface area contributed by atoms with Gasteiger partial charge < -0.3 is 9.84 Å². The molecule has 1 aliphatic heterocycles. The number of carboxylic acid groups (broad SMARTS) is 1. The Balaban J connectivity index is 2.26. The normalized spacial score (nSPS) is 24.2. The Morgan fingerprint density at radius 2 is 1.82 bits per heavy atom. The molecule has 0 bridgehead atoms. The van der Waals surface area contributed by atoms with Crippen LogP contribution in [0.15, 0.2) is 23.2 Å². The van der Waals surface area contributed by atoms with Crippen molar-refractivity contribution in [3.8, 4) is 0 Å². The maximum Gasteiger partial charge on any atom is 0.425 e. The number of ether oxygens (including phenoxy) is 1. The fourth-order valence-corrected chi connectivity index (χ4v) is 8.26. The van der Waals surface area contributed by atoms with Gasteiger partial charge >= 0.3 is 12.2 Å². The monoisotopic (exact) mass is 551 g/mol. The molecule has 0 aromatic heterocycles. The van der Waals surface area contributed by atoms with Crippen molar-refractivity contribution in [2.75, 3.05) is 0 Å². The Morgan fingerprint density at radius 3 is 2.34 bits per heavy atom. The molecule has 210 valence electrons. The van der Waals surface area contributed by atoms with Crippen LogP contribution in [0.3, 0.4) is 0 Å². The van der Waals surface area contributed by atoms with Gasteiger partial charge in [-0.3, -0.25) is 15.1 Å². The number of nitrogens with zero attached hydrogens (tertiary/aromatic N) is 3. The first kappa shape index (κ1) is 29.5. The van der Waals surface area contributed by atoms with Gasteiger partial charge in [0.15, 0.2) is 9.84 Å². The summed E-state index contributed by atoms with van der Waals surface area (Å²) in [6, 6.07) is 4.24. The topological polar surface area (TPSA) is 156 Å². The Hall–Kier alpha value is -3.02. The standard InChI is InChI=1S/C26H37N3O8S/c1-23(2,3)15-24(4,5)37-22(32)28(21(30)31)20-25(6,7)38(35,36)19-11-9-10-16-12-13-17(29(33)34)14-18(16)26(19,8)27-20/h12-14,19H,9-11,15H2,1-8H3,(H,30,31)/t19-,26-/m1/s1. The Labute approximate surface area is 223 Å². The lowest BCUT2D eigenvalue weighted by molar-refractivity contribution is -0.385. The predicted molar refractivity (Wildman–Crippen MR) is 142 cm³/mol. The van der Waals surface area contributed by atoms with Gasteiger partial charge in [-0.1, -0.05) is 26.8 Å². The largest absolute Gasteiger partial charge is 0.464 e. The lowest BCUT2D eigenvalue weighted by atomic mass is 9.84. The zero-order valence-electron chi connectivity index (χ0n) is 23.2. The highest BCUT2D eigenvalue weighted by atomic mass is 32.2. The zero-order chi connectivity index (χ0) is 29.1. The molecule has 0 fully saturated rings. The third kappa shape index (κ3) is 5.14. The van der Waals surface area contributed by atoms with Gasteiger partial charge in [0.25, 0.3) is 5.69 Å².